The molecule has 0 bridgehead atoms. The molecule has 4 rings (SSSR count). The molecule has 0 radical (unpaired) electrons. The molecule has 0 aliphatic carbocycles. The lowest BCUT2D eigenvalue weighted by Gasteiger charge is -2.09. The average molecular weight is 373 g/mol. The summed E-state index contributed by atoms with van der Waals surface area (Å²) in [6.07, 6.45) is 0. The van der Waals surface area contributed by atoms with E-state index in [9.17, 15) is 4.79 Å². The molecule has 0 aliphatic heterocycles. The first-order valence-corrected chi connectivity index (χ1v) is 8.73. The van der Waals surface area contributed by atoms with Gasteiger partial charge in [0.05, 0.1) is 19.7 Å². The van der Waals surface area contributed by atoms with Crippen molar-refractivity contribution in [3.8, 4) is 22.6 Å². The van der Waals surface area contributed by atoms with Crippen molar-refractivity contribution in [3.05, 3.63) is 72.3 Å². The van der Waals surface area contributed by atoms with E-state index in [1.165, 1.54) is 11.8 Å². The molecule has 0 spiro atoms. The molecule has 4 aromatic rings. The first kappa shape index (κ1) is 17.6. The summed E-state index contributed by atoms with van der Waals surface area (Å²) < 4.78 is 11.9. The number of hydrogen-bond acceptors (Lipinski definition) is 5. The van der Waals surface area contributed by atoms with Crippen LogP contribution in [0, 0.1) is 0 Å². The van der Waals surface area contributed by atoms with Gasteiger partial charge in [0, 0.05) is 17.0 Å². The SMILES string of the molecule is COc1cc2c(N)nn(C(=O)c3ccc(-c4ccccc4)cc3)c2cc1OC. The lowest BCUT2D eigenvalue weighted by Crippen LogP contribution is -2.13. The van der Waals surface area contributed by atoms with Crippen molar-refractivity contribution in [3.63, 3.8) is 0 Å². The van der Waals surface area contributed by atoms with Crippen molar-refractivity contribution in [1.29, 1.82) is 0 Å². The third kappa shape index (κ3) is 2.95. The minimum absolute atomic E-state index is 0.255. The van der Waals surface area contributed by atoms with Crippen LogP contribution in [-0.2, 0) is 0 Å². The lowest BCUT2D eigenvalue weighted by atomic mass is 10.0. The molecule has 6 heteroatoms. The van der Waals surface area contributed by atoms with Crippen LogP contribution in [0.25, 0.3) is 22.0 Å². The number of carbonyl (C=O) groups excluding carboxylic acids is 1. The zero-order valence-corrected chi connectivity index (χ0v) is 15.5. The van der Waals surface area contributed by atoms with E-state index < -0.39 is 0 Å². The molecule has 28 heavy (non-hydrogen) atoms. The molecule has 0 fully saturated rings. The standard InChI is InChI=1S/C22H19N3O3/c1-27-19-12-17-18(13-20(19)28-2)25(24-21(17)23)22(26)16-10-8-15(9-11-16)14-6-4-3-5-7-14/h3-13H,1-2H3,(H2,23,24). The van der Waals surface area contributed by atoms with Gasteiger partial charge in [-0.3, -0.25) is 4.79 Å². The molecular weight excluding hydrogens is 354 g/mol. The van der Waals surface area contributed by atoms with Crippen LogP contribution in [0.2, 0.25) is 0 Å². The summed E-state index contributed by atoms with van der Waals surface area (Å²) in [6.45, 7) is 0. The Hall–Kier alpha value is -3.80. The molecule has 140 valence electrons. The van der Waals surface area contributed by atoms with Gasteiger partial charge in [-0.15, -0.1) is 5.10 Å². The average Bonchev–Trinajstić information content (AvgIpc) is 3.08. The number of hydrogen-bond donors (Lipinski definition) is 1. The molecule has 0 saturated heterocycles. The molecule has 6 nitrogen and oxygen atoms in total. The predicted octanol–water partition coefficient (Wildman–Crippen LogP) is 3.99. The monoisotopic (exact) mass is 373 g/mol. The van der Waals surface area contributed by atoms with Gasteiger partial charge in [0.2, 0.25) is 0 Å². The lowest BCUT2D eigenvalue weighted by molar-refractivity contribution is 0.0951. The van der Waals surface area contributed by atoms with Crippen molar-refractivity contribution in [2.75, 3.05) is 20.0 Å². The summed E-state index contributed by atoms with van der Waals surface area (Å²) in [5, 5.41) is 4.86. The number of rotatable bonds is 4. The Bertz CT molecular complexity index is 1150. The Morgan fingerprint density at radius 3 is 2.14 bits per heavy atom. The van der Waals surface area contributed by atoms with Crippen molar-refractivity contribution in [1.82, 2.24) is 9.78 Å². The van der Waals surface area contributed by atoms with E-state index >= 15 is 0 Å². The van der Waals surface area contributed by atoms with Gasteiger partial charge in [-0.1, -0.05) is 42.5 Å². The zero-order valence-electron chi connectivity index (χ0n) is 15.5. The summed E-state index contributed by atoms with van der Waals surface area (Å²) in [6, 6.07) is 20.8. The normalized spacial score (nSPS) is 10.8. The topological polar surface area (TPSA) is 79.4 Å². The number of benzene rings is 3. The Morgan fingerprint density at radius 1 is 0.893 bits per heavy atom. The second-order valence-corrected chi connectivity index (χ2v) is 6.27. The van der Waals surface area contributed by atoms with E-state index in [0.717, 1.165) is 11.1 Å². The number of ether oxygens (including phenoxy) is 2. The molecule has 0 unspecified atom stereocenters. The molecule has 2 N–H and O–H groups in total. The van der Waals surface area contributed by atoms with E-state index in [1.807, 2.05) is 42.5 Å². The Morgan fingerprint density at radius 2 is 1.50 bits per heavy atom. The van der Waals surface area contributed by atoms with E-state index in [-0.39, 0.29) is 11.7 Å². The second-order valence-electron chi connectivity index (χ2n) is 6.27. The molecule has 3 aromatic carbocycles. The van der Waals surface area contributed by atoms with Gasteiger partial charge in [-0.25, -0.2) is 0 Å². The Balaban J connectivity index is 1.75. The highest BCUT2D eigenvalue weighted by Crippen LogP contribution is 2.34. The summed E-state index contributed by atoms with van der Waals surface area (Å²) >= 11 is 0. The van der Waals surface area contributed by atoms with Crippen molar-refractivity contribution < 1.29 is 14.3 Å². The maximum atomic E-state index is 13.0. The second kappa shape index (κ2) is 7.08. The van der Waals surface area contributed by atoms with Crippen LogP contribution in [-0.4, -0.2) is 29.9 Å². The van der Waals surface area contributed by atoms with Crippen molar-refractivity contribution >= 4 is 22.6 Å². The van der Waals surface area contributed by atoms with Gasteiger partial charge in [-0.05, 0) is 29.3 Å². The van der Waals surface area contributed by atoms with E-state index in [4.69, 9.17) is 15.2 Å². The number of fused-ring (bicyclic) bond motifs is 1. The molecule has 0 atom stereocenters. The van der Waals surface area contributed by atoms with Gasteiger partial charge in [0.15, 0.2) is 17.3 Å². The quantitative estimate of drug-likeness (QED) is 0.585. The fourth-order valence-corrected chi connectivity index (χ4v) is 3.18. The van der Waals surface area contributed by atoms with Crippen LogP contribution in [0.3, 0.4) is 0 Å². The van der Waals surface area contributed by atoms with Crippen LogP contribution in [0.5, 0.6) is 11.5 Å². The zero-order chi connectivity index (χ0) is 19.7. The van der Waals surface area contributed by atoms with E-state index in [2.05, 4.69) is 5.10 Å². The van der Waals surface area contributed by atoms with Crippen LogP contribution in [0.1, 0.15) is 10.4 Å². The number of nitrogens with two attached hydrogens (primary N) is 1. The third-order valence-corrected chi connectivity index (χ3v) is 4.65. The highest BCUT2D eigenvalue weighted by molar-refractivity contribution is 6.04. The number of carbonyl (C=O) groups is 1. The van der Waals surface area contributed by atoms with Gasteiger partial charge in [0.25, 0.3) is 5.91 Å². The van der Waals surface area contributed by atoms with Crippen LogP contribution in [0.4, 0.5) is 5.82 Å². The first-order valence-electron chi connectivity index (χ1n) is 8.73. The number of aromatic nitrogens is 2. The predicted molar refractivity (Wildman–Crippen MR) is 109 cm³/mol. The number of nitrogen functional groups attached to an aromatic ring is 1. The van der Waals surface area contributed by atoms with Crippen molar-refractivity contribution in [2.45, 2.75) is 0 Å². The maximum Gasteiger partial charge on any atom is 0.278 e. The summed E-state index contributed by atoms with van der Waals surface area (Å²) in [5.74, 6) is 1.02. The molecule has 0 aliphatic rings. The van der Waals surface area contributed by atoms with E-state index in [1.54, 1.807) is 31.4 Å². The fourth-order valence-electron chi connectivity index (χ4n) is 3.18. The minimum atomic E-state index is -0.270. The van der Waals surface area contributed by atoms with Gasteiger partial charge in [-0.2, -0.15) is 4.68 Å². The number of nitrogens with zero attached hydrogens (tertiary/aromatic N) is 2. The minimum Gasteiger partial charge on any atom is -0.493 e. The molecule has 1 heterocycles. The Kier molecular flexibility index (Phi) is 4.45. The summed E-state index contributed by atoms with van der Waals surface area (Å²) in [5.41, 5.74) is 9.23. The first-order chi connectivity index (χ1) is 13.6. The van der Waals surface area contributed by atoms with E-state index in [0.29, 0.717) is 28.0 Å². The molecule has 1 aromatic heterocycles. The maximum absolute atomic E-state index is 13.0. The highest BCUT2D eigenvalue weighted by atomic mass is 16.5. The molecular formula is C22H19N3O3. The third-order valence-electron chi connectivity index (χ3n) is 4.65. The summed E-state index contributed by atoms with van der Waals surface area (Å²) in [4.78, 5) is 13.0. The number of methoxy groups -OCH3 is 2. The molecule has 0 amide bonds. The molecule has 0 saturated carbocycles. The van der Waals surface area contributed by atoms with Gasteiger partial charge in [0.1, 0.15) is 0 Å². The van der Waals surface area contributed by atoms with Crippen LogP contribution >= 0.6 is 0 Å². The summed E-state index contributed by atoms with van der Waals surface area (Å²) in [7, 11) is 3.08. The number of anilines is 1. The van der Waals surface area contributed by atoms with Crippen LogP contribution < -0.4 is 15.2 Å². The van der Waals surface area contributed by atoms with Gasteiger partial charge < -0.3 is 15.2 Å². The van der Waals surface area contributed by atoms with Crippen LogP contribution in [0.15, 0.2) is 66.7 Å². The fraction of sp³-hybridized carbons (Fsp3) is 0.0909. The van der Waals surface area contributed by atoms with Gasteiger partial charge >= 0.3 is 0 Å². The smallest absolute Gasteiger partial charge is 0.278 e. The van der Waals surface area contributed by atoms with Crippen molar-refractivity contribution in [2.24, 2.45) is 0 Å². The highest BCUT2D eigenvalue weighted by Gasteiger charge is 2.19. The Labute approximate surface area is 162 Å². The largest absolute Gasteiger partial charge is 0.493 e.